The highest BCUT2D eigenvalue weighted by atomic mass is 35.5. The second-order valence-corrected chi connectivity index (χ2v) is 6.45. The highest BCUT2D eigenvalue weighted by Crippen LogP contribution is 2.38. The van der Waals surface area contributed by atoms with Gasteiger partial charge in [-0.25, -0.2) is 0 Å². The number of para-hydroxylation sites is 1. The SMILES string of the molecule is COc1cc(C)c(Cl)cc1C1NCCc2c1[nH]c1ccccc21. The zero-order valence-electron chi connectivity index (χ0n) is 13.2. The average molecular weight is 327 g/mol. The number of fused-ring (bicyclic) bond motifs is 3. The van der Waals surface area contributed by atoms with Gasteiger partial charge in [-0.05, 0) is 42.7 Å². The molecule has 4 heteroatoms. The lowest BCUT2D eigenvalue weighted by Gasteiger charge is -2.26. The Morgan fingerprint density at radius 1 is 1.22 bits per heavy atom. The van der Waals surface area contributed by atoms with Gasteiger partial charge < -0.3 is 15.0 Å². The normalized spacial score (nSPS) is 17.3. The second-order valence-electron chi connectivity index (χ2n) is 6.04. The van der Waals surface area contributed by atoms with Gasteiger partial charge in [0.2, 0.25) is 0 Å². The molecule has 1 aliphatic heterocycles. The first-order valence-corrected chi connectivity index (χ1v) is 8.23. The van der Waals surface area contributed by atoms with Crippen molar-refractivity contribution in [2.75, 3.05) is 13.7 Å². The van der Waals surface area contributed by atoms with Gasteiger partial charge >= 0.3 is 0 Å². The van der Waals surface area contributed by atoms with E-state index in [1.165, 1.54) is 22.2 Å². The van der Waals surface area contributed by atoms with E-state index in [1.54, 1.807) is 7.11 Å². The maximum Gasteiger partial charge on any atom is 0.124 e. The van der Waals surface area contributed by atoms with E-state index in [0.717, 1.165) is 34.9 Å². The molecule has 2 heterocycles. The lowest BCUT2D eigenvalue weighted by atomic mass is 9.93. The minimum Gasteiger partial charge on any atom is -0.496 e. The third-order valence-corrected chi connectivity index (χ3v) is 5.09. The van der Waals surface area contributed by atoms with Crippen LogP contribution in [0.3, 0.4) is 0 Å². The van der Waals surface area contributed by atoms with Crippen LogP contribution in [0.5, 0.6) is 5.75 Å². The van der Waals surface area contributed by atoms with E-state index in [1.807, 2.05) is 19.1 Å². The molecule has 3 aromatic rings. The highest BCUT2D eigenvalue weighted by molar-refractivity contribution is 6.31. The summed E-state index contributed by atoms with van der Waals surface area (Å²) in [7, 11) is 1.71. The van der Waals surface area contributed by atoms with E-state index < -0.39 is 0 Å². The molecule has 3 nitrogen and oxygen atoms in total. The third-order valence-electron chi connectivity index (χ3n) is 4.68. The maximum absolute atomic E-state index is 6.37. The highest BCUT2D eigenvalue weighted by Gasteiger charge is 2.27. The van der Waals surface area contributed by atoms with Crippen molar-refractivity contribution in [1.29, 1.82) is 0 Å². The molecule has 1 unspecified atom stereocenters. The maximum atomic E-state index is 6.37. The van der Waals surface area contributed by atoms with Crippen molar-refractivity contribution >= 4 is 22.5 Å². The van der Waals surface area contributed by atoms with Crippen LogP contribution in [0, 0.1) is 6.92 Å². The van der Waals surface area contributed by atoms with E-state index >= 15 is 0 Å². The Labute approximate surface area is 140 Å². The van der Waals surface area contributed by atoms with Crippen molar-refractivity contribution in [3.8, 4) is 5.75 Å². The van der Waals surface area contributed by atoms with Crippen molar-refractivity contribution < 1.29 is 4.74 Å². The van der Waals surface area contributed by atoms with Crippen LogP contribution >= 0.6 is 11.6 Å². The summed E-state index contributed by atoms with van der Waals surface area (Å²) in [5.41, 5.74) is 5.90. The Balaban J connectivity index is 1.91. The summed E-state index contributed by atoms with van der Waals surface area (Å²) in [6.45, 7) is 2.94. The third kappa shape index (κ3) is 2.32. The Kier molecular flexibility index (Phi) is 3.55. The molecule has 0 aliphatic carbocycles. The van der Waals surface area contributed by atoms with E-state index in [9.17, 15) is 0 Å². The van der Waals surface area contributed by atoms with Gasteiger partial charge in [0.05, 0.1) is 13.2 Å². The standard InChI is InChI=1S/C19H19ClN2O/c1-11-9-17(23-2)14(10-15(11)20)18-19-13(7-8-21-18)12-5-3-4-6-16(12)22-19/h3-6,9-10,18,21-22H,7-8H2,1-2H3. The number of benzene rings is 2. The number of halogens is 1. The molecule has 0 spiro atoms. The summed E-state index contributed by atoms with van der Waals surface area (Å²) >= 11 is 6.37. The number of methoxy groups -OCH3 is 1. The summed E-state index contributed by atoms with van der Waals surface area (Å²) in [4.78, 5) is 3.59. The van der Waals surface area contributed by atoms with Crippen molar-refractivity contribution in [2.24, 2.45) is 0 Å². The van der Waals surface area contributed by atoms with E-state index in [2.05, 4.69) is 34.6 Å². The summed E-state index contributed by atoms with van der Waals surface area (Å²) < 4.78 is 5.61. The topological polar surface area (TPSA) is 37.0 Å². The molecule has 0 saturated heterocycles. The molecule has 1 aliphatic rings. The van der Waals surface area contributed by atoms with E-state index in [4.69, 9.17) is 16.3 Å². The summed E-state index contributed by atoms with van der Waals surface area (Å²) in [5.74, 6) is 0.871. The van der Waals surface area contributed by atoms with Gasteiger partial charge in [0.15, 0.2) is 0 Å². The number of aryl methyl sites for hydroxylation is 1. The quantitative estimate of drug-likeness (QED) is 0.733. The van der Waals surface area contributed by atoms with Crippen LogP contribution in [-0.4, -0.2) is 18.6 Å². The van der Waals surface area contributed by atoms with Crippen LogP contribution in [-0.2, 0) is 6.42 Å². The smallest absolute Gasteiger partial charge is 0.124 e. The number of nitrogens with one attached hydrogen (secondary N) is 2. The van der Waals surface area contributed by atoms with E-state index in [-0.39, 0.29) is 6.04 Å². The van der Waals surface area contributed by atoms with Crippen LogP contribution in [0.4, 0.5) is 0 Å². The molecule has 0 fully saturated rings. The molecule has 23 heavy (non-hydrogen) atoms. The predicted molar refractivity (Wildman–Crippen MR) is 94.6 cm³/mol. The van der Waals surface area contributed by atoms with Gasteiger partial charge in [0, 0.05) is 33.7 Å². The molecule has 118 valence electrons. The monoisotopic (exact) mass is 326 g/mol. The lowest BCUT2D eigenvalue weighted by Crippen LogP contribution is -2.30. The first-order chi connectivity index (χ1) is 11.2. The molecule has 1 atom stereocenters. The van der Waals surface area contributed by atoms with Gasteiger partial charge in [-0.1, -0.05) is 29.8 Å². The van der Waals surface area contributed by atoms with Crippen LogP contribution in [0.2, 0.25) is 5.02 Å². The molecular weight excluding hydrogens is 308 g/mol. The van der Waals surface area contributed by atoms with Crippen molar-refractivity contribution in [3.63, 3.8) is 0 Å². The molecule has 0 amide bonds. The second kappa shape index (κ2) is 5.59. The largest absolute Gasteiger partial charge is 0.496 e. The van der Waals surface area contributed by atoms with Crippen LogP contribution in [0.15, 0.2) is 36.4 Å². The Hall–Kier alpha value is -1.97. The number of hydrogen-bond acceptors (Lipinski definition) is 2. The van der Waals surface area contributed by atoms with Gasteiger partial charge in [0.25, 0.3) is 0 Å². The Bertz CT molecular complexity index is 884. The fraction of sp³-hybridized carbons (Fsp3) is 0.263. The molecule has 0 radical (unpaired) electrons. The van der Waals surface area contributed by atoms with Crippen LogP contribution in [0.1, 0.15) is 28.4 Å². The van der Waals surface area contributed by atoms with Crippen LogP contribution in [0.25, 0.3) is 10.9 Å². The summed E-state index contributed by atoms with van der Waals surface area (Å²) in [6.07, 6.45) is 1.03. The van der Waals surface area contributed by atoms with Gasteiger partial charge in [0.1, 0.15) is 5.75 Å². The summed E-state index contributed by atoms with van der Waals surface area (Å²) in [6, 6.07) is 12.6. The zero-order chi connectivity index (χ0) is 16.0. The zero-order valence-corrected chi connectivity index (χ0v) is 14.0. The number of ether oxygens (including phenoxy) is 1. The van der Waals surface area contributed by atoms with E-state index in [0.29, 0.717) is 0 Å². The molecule has 4 rings (SSSR count). The van der Waals surface area contributed by atoms with Gasteiger partial charge in [-0.15, -0.1) is 0 Å². The number of H-pyrrole nitrogens is 1. The average Bonchev–Trinajstić information content (AvgIpc) is 2.95. The fourth-order valence-corrected chi connectivity index (χ4v) is 3.69. The molecular formula is C19H19ClN2O. The van der Waals surface area contributed by atoms with Gasteiger partial charge in [-0.2, -0.15) is 0 Å². The Morgan fingerprint density at radius 3 is 2.87 bits per heavy atom. The number of aromatic amines is 1. The summed E-state index contributed by atoms with van der Waals surface area (Å²) in [5, 5.41) is 5.68. The molecule has 0 saturated carbocycles. The number of aromatic nitrogens is 1. The van der Waals surface area contributed by atoms with Crippen molar-refractivity contribution in [3.05, 3.63) is 63.8 Å². The molecule has 2 N–H and O–H groups in total. The lowest BCUT2D eigenvalue weighted by molar-refractivity contribution is 0.401. The predicted octanol–water partition coefficient (Wildman–Crippen LogP) is 4.37. The minimum atomic E-state index is 0.0687. The molecule has 1 aromatic heterocycles. The number of hydrogen-bond donors (Lipinski definition) is 2. The molecule has 2 aromatic carbocycles. The van der Waals surface area contributed by atoms with Crippen molar-refractivity contribution in [2.45, 2.75) is 19.4 Å². The first kappa shape index (κ1) is 14.6. The molecule has 0 bridgehead atoms. The fourth-order valence-electron chi connectivity index (χ4n) is 3.52. The minimum absolute atomic E-state index is 0.0687. The number of rotatable bonds is 2. The van der Waals surface area contributed by atoms with Crippen LogP contribution < -0.4 is 10.1 Å². The van der Waals surface area contributed by atoms with Crippen molar-refractivity contribution in [1.82, 2.24) is 10.3 Å². The first-order valence-electron chi connectivity index (χ1n) is 7.86. The van der Waals surface area contributed by atoms with Gasteiger partial charge in [-0.3, -0.25) is 0 Å². The Morgan fingerprint density at radius 2 is 2.04 bits per heavy atom.